The van der Waals surface area contributed by atoms with Crippen LogP contribution in [-0.2, 0) is 9.53 Å². The van der Waals surface area contributed by atoms with Crippen LogP contribution >= 0.6 is 0 Å². The first-order valence-electron chi connectivity index (χ1n) is 7.74. The molecule has 126 valence electrons. The minimum atomic E-state index is -0.337. The molecule has 2 aromatic carbocycles. The number of methoxy groups -OCH3 is 3. The molecule has 0 fully saturated rings. The van der Waals surface area contributed by atoms with Crippen molar-refractivity contribution in [3.8, 4) is 22.6 Å². The van der Waals surface area contributed by atoms with Gasteiger partial charge in [0.2, 0.25) is 0 Å². The van der Waals surface area contributed by atoms with Gasteiger partial charge in [-0.25, -0.2) is 4.79 Å². The molecule has 0 amide bonds. The van der Waals surface area contributed by atoms with Gasteiger partial charge in [0.15, 0.2) is 11.5 Å². The Balaban J connectivity index is 2.32. The van der Waals surface area contributed by atoms with Crippen LogP contribution in [0, 0.1) is 0 Å². The average Bonchev–Trinajstić information content (AvgIpc) is 2.65. The highest BCUT2D eigenvalue weighted by Gasteiger charge is 2.08. The van der Waals surface area contributed by atoms with Crippen LogP contribution in [0.15, 0.2) is 48.5 Å². The predicted molar refractivity (Wildman–Crippen MR) is 95.3 cm³/mol. The van der Waals surface area contributed by atoms with Crippen LogP contribution in [0.1, 0.15) is 18.9 Å². The Morgan fingerprint density at radius 1 is 0.917 bits per heavy atom. The molecular weight excluding hydrogens is 304 g/mol. The summed E-state index contributed by atoms with van der Waals surface area (Å²) in [6.07, 6.45) is 2.29. The lowest BCUT2D eigenvalue weighted by molar-refractivity contribution is -0.134. The van der Waals surface area contributed by atoms with Crippen LogP contribution in [0.25, 0.3) is 16.7 Å². The minimum Gasteiger partial charge on any atom is -0.493 e. The average molecular weight is 326 g/mol. The minimum absolute atomic E-state index is 0.337. The molecule has 0 saturated carbocycles. The van der Waals surface area contributed by atoms with Gasteiger partial charge in [0.25, 0.3) is 0 Å². The zero-order chi connectivity index (χ0) is 17.5. The summed E-state index contributed by atoms with van der Waals surface area (Å²) in [4.78, 5) is 11.4. The van der Waals surface area contributed by atoms with E-state index in [0.717, 1.165) is 28.7 Å². The molecule has 4 nitrogen and oxygen atoms in total. The summed E-state index contributed by atoms with van der Waals surface area (Å²) >= 11 is 0. The van der Waals surface area contributed by atoms with Gasteiger partial charge >= 0.3 is 5.97 Å². The summed E-state index contributed by atoms with van der Waals surface area (Å²) in [5, 5.41) is 0. The molecule has 0 radical (unpaired) electrons. The molecule has 0 spiro atoms. The molecule has 0 aliphatic rings. The maximum Gasteiger partial charge on any atom is 0.330 e. The van der Waals surface area contributed by atoms with E-state index < -0.39 is 0 Å². The van der Waals surface area contributed by atoms with E-state index in [1.165, 1.54) is 13.2 Å². The van der Waals surface area contributed by atoms with Crippen molar-refractivity contribution >= 4 is 11.5 Å². The number of ether oxygens (including phenoxy) is 3. The maximum absolute atomic E-state index is 11.4. The summed E-state index contributed by atoms with van der Waals surface area (Å²) in [6, 6.07) is 13.9. The van der Waals surface area contributed by atoms with Crippen molar-refractivity contribution in [1.29, 1.82) is 0 Å². The molecule has 0 heterocycles. The standard InChI is InChI=1S/C20H22O4/c1-5-14(13-20(21)24-4)15-6-8-16(9-7-15)17-10-11-18(22-2)19(12-17)23-3/h6-13H,5H2,1-4H3/b14-13+. The molecule has 4 heteroatoms. The molecule has 0 aliphatic heterocycles. The van der Waals surface area contributed by atoms with Crippen molar-refractivity contribution in [3.05, 3.63) is 54.1 Å². The summed E-state index contributed by atoms with van der Waals surface area (Å²) < 4.78 is 15.3. The number of carbonyl (C=O) groups excluding carboxylic acids is 1. The van der Waals surface area contributed by atoms with Crippen molar-refractivity contribution < 1.29 is 19.0 Å². The first-order chi connectivity index (χ1) is 11.6. The summed E-state index contributed by atoms with van der Waals surface area (Å²) in [7, 11) is 4.62. The number of allylic oxidation sites excluding steroid dienone is 1. The number of hydrogen-bond donors (Lipinski definition) is 0. The van der Waals surface area contributed by atoms with Gasteiger partial charge in [0.05, 0.1) is 21.3 Å². The molecule has 2 rings (SSSR count). The van der Waals surface area contributed by atoms with E-state index in [0.29, 0.717) is 11.5 Å². The van der Waals surface area contributed by atoms with E-state index in [1.54, 1.807) is 14.2 Å². The van der Waals surface area contributed by atoms with Crippen LogP contribution in [0.5, 0.6) is 11.5 Å². The van der Waals surface area contributed by atoms with Crippen LogP contribution in [0.3, 0.4) is 0 Å². The monoisotopic (exact) mass is 326 g/mol. The quantitative estimate of drug-likeness (QED) is 0.585. The highest BCUT2D eigenvalue weighted by molar-refractivity contribution is 5.91. The number of benzene rings is 2. The highest BCUT2D eigenvalue weighted by atomic mass is 16.5. The van der Waals surface area contributed by atoms with Gasteiger partial charge in [0, 0.05) is 6.08 Å². The van der Waals surface area contributed by atoms with Gasteiger partial charge in [-0.3, -0.25) is 0 Å². The zero-order valence-electron chi connectivity index (χ0n) is 14.5. The molecule has 0 bridgehead atoms. The van der Waals surface area contributed by atoms with Crippen LogP contribution in [0.2, 0.25) is 0 Å². The van der Waals surface area contributed by atoms with E-state index in [4.69, 9.17) is 14.2 Å². The van der Waals surface area contributed by atoms with E-state index >= 15 is 0 Å². The fourth-order valence-corrected chi connectivity index (χ4v) is 2.48. The second-order valence-corrected chi connectivity index (χ2v) is 5.19. The van der Waals surface area contributed by atoms with Gasteiger partial charge < -0.3 is 14.2 Å². The van der Waals surface area contributed by atoms with Gasteiger partial charge in [-0.15, -0.1) is 0 Å². The lowest BCUT2D eigenvalue weighted by atomic mass is 9.98. The number of hydrogen-bond acceptors (Lipinski definition) is 4. The molecule has 0 aromatic heterocycles. The molecule has 0 saturated heterocycles. The molecule has 0 aliphatic carbocycles. The Morgan fingerprint density at radius 2 is 1.54 bits per heavy atom. The molecule has 0 unspecified atom stereocenters. The third-order valence-corrected chi connectivity index (χ3v) is 3.85. The molecular formula is C20H22O4. The molecule has 24 heavy (non-hydrogen) atoms. The third-order valence-electron chi connectivity index (χ3n) is 3.85. The normalized spacial score (nSPS) is 11.1. The summed E-state index contributed by atoms with van der Waals surface area (Å²) in [5.74, 6) is 1.06. The van der Waals surface area contributed by atoms with Gasteiger partial charge in [-0.1, -0.05) is 37.3 Å². The van der Waals surface area contributed by atoms with Crippen LogP contribution in [-0.4, -0.2) is 27.3 Å². The highest BCUT2D eigenvalue weighted by Crippen LogP contribution is 2.32. The summed E-state index contributed by atoms with van der Waals surface area (Å²) in [6.45, 7) is 2.01. The van der Waals surface area contributed by atoms with E-state index in [1.807, 2.05) is 49.4 Å². The zero-order valence-corrected chi connectivity index (χ0v) is 14.5. The lowest BCUT2D eigenvalue weighted by Gasteiger charge is -2.11. The summed E-state index contributed by atoms with van der Waals surface area (Å²) in [5.41, 5.74) is 4.05. The first kappa shape index (κ1) is 17.6. The van der Waals surface area contributed by atoms with Gasteiger partial charge in [-0.05, 0) is 40.8 Å². The molecule has 0 atom stereocenters. The van der Waals surface area contributed by atoms with Crippen LogP contribution in [0.4, 0.5) is 0 Å². The lowest BCUT2D eigenvalue weighted by Crippen LogP contribution is -1.97. The first-order valence-corrected chi connectivity index (χ1v) is 7.74. The fourth-order valence-electron chi connectivity index (χ4n) is 2.48. The van der Waals surface area contributed by atoms with Crippen molar-refractivity contribution in [2.45, 2.75) is 13.3 Å². The van der Waals surface area contributed by atoms with E-state index in [9.17, 15) is 4.79 Å². The van der Waals surface area contributed by atoms with E-state index in [2.05, 4.69) is 0 Å². The maximum atomic E-state index is 11.4. The van der Waals surface area contributed by atoms with Crippen molar-refractivity contribution in [1.82, 2.24) is 0 Å². The Labute approximate surface area is 142 Å². The van der Waals surface area contributed by atoms with Crippen molar-refractivity contribution in [2.24, 2.45) is 0 Å². The Hall–Kier alpha value is -2.75. The Morgan fingerprint density at radius 3 is 2.08 bits per heavy atom. The van der Waals surface area contributed by atoms with Gasteiger partial charge in [0.1, 0.15) is 0 Å². The van der Waals surface area contributed by atoms with Crippen molar-refractivity contribution in [3.63, 3.8) is 0 Å². The molecule has 0 N–H and O–H groups in total. The second kappa shape index (κ2) is 8.20. The smallest absolute Gasteiger partial charge is 0.330 e. The van der Waals surface area contributed by atoms with Crippen molar-refractivity contribution in [2.75, 3.05) is 21.3 Å². The largest absolute Gasteiger partial charge is 0.493 e. The number of carbonyl (C=O) groups is 1. The Bertz CT molecular complexity index is 730. The Kier molecular flexibility index (Phi) is 6.01. The molecule has 2 aromatic rings. The van der Waals surface area contributed by atoms with Crippen LogP contribution < -0.4 is 9.47 Å². The SMILES string of the molecule is CC/C(=C\C(=O)OC)c1ccc(-c2ccc(OC)c(OC)c2)cc1. The predicted octanol–water partition coefficient (Wildman–Crippen LogP) is 4.34. The number of rotatable bonds is 6. The second-order valence-electron chi connectivity index (χ2n) is 5.19. The van der Waals surface area contributed by atoms with E-state index in [-0.39, 0.29) is 5.97 Å². The fraction of sp³-hybridized carbons (Fsp3) is 0.250. The van der Waals surface area contributed by atoms with Gasteiger partial charge in [-0.2, -0.15) is 0 Å². The topological polar surface area (TPSA) is 44.8 Å². The third kappa shape index (κ3) is 3.96. The number of esters is 1.